The summed E-state index contributed by atoms with van der Waals surface area (Å²) >= 11 is 3.24. The minimum Gasteiger partial charge on any atom is -0.324 e. The molecule has 0 saturated carbocycles. The second-order valence-electron chi connectivity index (χ2n) is 4.06. The Balaban J connectivity index is 2.89. The molecular formula is C13H15BrF3N. The molecule has 0 spiro atoms. The number of alkyl halides is 3. The second-order valence-corrected chi connectivity index (χ2v) is 4.91. The molecule has 18 heavy (non-hydrogen) atoms. The van der Waals surface area contributed by atoms with Crippen LogP contribution in [0.5, 0.6) is 0 Å². The maximum absolute atomic E-state index is 12.6. The smallest absolute Gasteiger partial charge is 0.324 e. The van der Waals surface area contributed by atoms with Crippen molar-refractivity contribution in [3.63, 3.8) is 0 Å². The molecule has 1 nitrogen and oxygen atoms in total. The standard InChI is InChI=1S/C13H15BrF3N/c1-2-3-4-5-12(18)10-8-9(13(15,16)17)6-7-11(10)14/h2,6-8,12H,1,3-5,18H2/t12-/m0/s1. The lowest BCUT2D eigenvalue weighted by atomic mass is 10.00. The maximum Gasteiger partial charge on any atom is 0.416 e. The predicted octanol–water partition coefficient (Wildman–Crippen LogP) is 4.82. The Morgan fingerprint density at radius 2 is 2.06 bits per heavy atom. The van der Waals surface area contributed by atoms with E-state index in [1.807, 2.05) is 0 Å². The Bertz CT molecular complexity index is 415. The van der Waals surface area contributed by atoms with Crippen LogP contribution in [0.25, 0.3) is 0 Å². The van der Waals surface area contributed by atoms with E-state index in [1.54, 1.807) is 6.08 Å². The summed E-state index contributed by atoms with van der Waals surface area (Å²) in [6.45, 7) is 3.60. The van der Waals surface area contributed by atoms with Crippen LogP contribution >= 0.6 is 15.9 Å². The number of hydrogen-bond donors (Lipinski definition) is 1. The maximum atomic E-state index is 12.6. The number of unbranched alkanes of at least 4 members (excludes halogenated alkanes) is 1. The molecule has 0 fully saturated rings. The number of rotatable bonds is 5. The third-order valence-electron chi connectivity index (χ3n) is 2.65. The van der Waals surface area contributed by atoms with Gasteiger partial charge in [-0.1, -0.05) is 22.0 Å². The van der Waals surface area contributed by atoms with Crippen molar-refractivity contribution in [2.24, 2.45) is 5.73 Å². The highest BCUT2D eigenvalue weighted by Gasteiger charge is 2.31. The second kappa shape index (κ2) is 6.38. The number of nitrogens with two attached hydrogens (primary N) is 1. The summed E-state index contributed by atoms with van der Waals surface area (Å²) in [7, 11) is 0. The first-order valence-corrected chi connectivity index (χ1v) is 6.38. The summed E-state index contributed by atoms with van der Waals surface area (Å²) in [4.78, 5) is 0. The topological polar surface area (TPSA) is 26.0 Å². The number of hydrogen-bond acceptors (Lipinski definition) is 1. The molecule has 1 atom stereocenters. The molecule has 0 heterocycles. The minimum absolute atomic E-state index is 0.401. The van der Waals surface area contributed by atoms with Gasteiger partial charge in [-0.15, -0.1) is 6.58 Å². The molecule has 0 aliphatic carbocycles. The van der Waals surface area contributed by atoms with Crippen LogP contribution < -0.4 is 5.73 Å². The van der Waals surface area contributed by atoms with Crippen LogP contribution in [0.2, 0.25) is 0 Å². The molecule has 5 heteroatoms. The van der Waals surface area contributed by atoms with Crippen molar-refractivity contribution < 1.29 is 13.2 Å². The van der Waals surface area contributed by atoms with E-state index < -0.39 is 17.8 Å². The van der Waals surface area contributed by atoms with Crippen LogP contribution in [0.3, 0.4) is 0 Å². The van der Waals surface area contributed by atoms with Crippen molar-refractivity contribution in [3.05, 3.63) is 46.5 Å². The van der Waals surface area contributed by atoms with Gasteiger partial charge < -0.3 is 5.73 Å². The fraction of sp³-hybridized carbons (Fsp3) is 0.385. The lowest BCUT2D eigenvalue weighted by molar-refractivity contribution is -0.137. The van der Waals surface area contributed by atoms with Gasteiger partial charge in [-0.25, -0.2) is 0 Å². The van der Waals surface area contributed by atoms with Crippen molar-refractivity contribution in [1.82, 2.24) is 0 Å². The zero-order chi connectivity index (χ0) is 13.8. The van der Waals surface area contributed by atoms with Gasteiger partial charge in [0.05, 0.1) is 5.56 Å². The number of allylic oxidation sites excluding steroid dienone is 1. The van der Waals surface area contributed by atoms with E-state index in [1.165, 1.54) is 6.07 Å². The summed E-state index contributed by atoms with van der Waals surface area (Å²) in [5, 5.41) is 0. The van der Waals surface area contributed by atoms with E-state index in [2.05, 4.69) is 22.5 Å². The summed E-state index contributed by atoms with van der Waals surface area (Å²) in [5.74, 6) is 0. The van der Waals surface area contributed by atoms with Crippen LogP contribution in [0.4, 0.5) is 13.2 Å². The molecule has 0 amide bonds. The van der Waals surface area contributed by atoms with Crippen LogP contribution in [0.1, 0.15) is 36.4 Å². The Morgan fingerprint density at radius 1 is 1.39 bits per heavy atom. The van der Waals surface area contributed by atoms with Crippen molar-refractivity contribution in [2.75, 3.05) is 0 Å². The van der Waals surface area contributed by atoms with Gasteiger partial charge in [-0.2, -0.15) is 13.2 Å². The molecule has 0 unspecified atom stereocenters. The SMILES string of the molecule is C=CCCC[C@H](N)c1cc(C(F)(F)F)ccc1Br. The van der Waals surface area contributed by atoms with Gasteiger partial charge >= 0.3 is 6.18 Å². The molecule has 100 valence electrons. The van der Waals surface area contributed by atoms with Crippen molar-refractivity contribution in [3.8, 4) is 0 Å². The summed E-state index contributed by atoms with van der Waals surface area (Å²) in [6.07, 6.45) is -0.312. The fourth-order valence-corrected chi connectivity index (χ4v) is 2.18. The van der Waals surface area contributed by atoms with E-state index in [-0.39, 0.29) is 0 Å². The van der Waals surface area contributed by atoms with Gasteiger partial charge in [0.1, 0.15) is 0 Å². The highest BCUT2D eigenvalue weighted by Crippen LogP contribution is 2.34. The first-order chi connectivity index (χ1) is 8.36. The molecule has 0 aromatic heterocycles. The average Bonchev–Trinajstić information content (AvgIpc) is 2.28. The first kappa shape index (κ1) is 15.2. The van der Waals surface area contributed by atoms with Crippen molar-refractivity contribution >= 4 is 15.9 Å². The van der Waals surface area contributed by atoms with Gasteiger partial charge in [0, 0.05) is 10.5 Å². The molecule has 0 aliphatic heterocycles. The molecule has 0 saturated heterocycles. The third-order valence-corrected chi connectivity index (χ3v) is 3.37. The number of benzene rings is 1. The lowest BCUT2D eigenvalue weighted by Crippen LogP contribution is -2.13. The normalized spacial score (nSPS) is 13.4. The molecule has 0 radical (unpaired) electrons. The molecule has 1 rings (SSSR count). The molecule has 1 aromatic rings. The molecule has 2 N–H and O–H groups in total. The van der Waals surface area contributed by atoms with E-state index in [4.69, 9.17) is 5.73 Å². The van der Waals surface area contributed by atoms with Gasteiger partial charge in [0.15, 0.2) is 0 Å². The number of halogens is 4. The van der Waals surface area contributed by atoms with E-state index >= 15 is 0 Å². The Morgan fingerprint density at radius 3 is 2.61 bits per heavy atom. The Hall–Kier alpha value is -0.810. The quantitative estimate of drug-likeness (QED) is 0.610. The van der Waals surface area contributed by atoms with Gasteiger partial charge in [-0.3, -0.25) is 0 Å². The lowest BCUT2D eigenvalue weighted by Gasteiger charge is -2.16. The van der Waals surface area contributed by atoms with Crippen LogP contribution in [0.15, 0.2) is 35.3 Å². The average molecular weight is 322 g/mol. The Kier molecular flexibility index (Phi) is 5.41. The van der Waals surface area contributed by atoms with Gasteiger partial charge in [0.2, 0.25) is 0 Å². The van der Waals surface area contributed by atoms with Gasteiger partial charge in [-0.05, 0) is 43.0 Å². The van der Waals surface area contributed by atoms with Crippen molar-refractivity contribution in [2.45, 2.75) is 31.5 Å². The van der Waals surface area contributed by atoms with E-state index in [0.717, 1.165) is 25.0 Å². The third kappa shape index (κ3) is 4.14. The summed E-state index contributed by atoms with van der Waals surface area (Å²) < 4.78 is 38.4. The predicted molar refractivity (Wildman–Crippen MR) is 70.1 cm³/mol. The fourth-order valence-electron chi connectivity index (χ4n) is 1.64. The molecule has 1 aromatic carbocycles. The van der Waals surface area contributed by atoms with E-state index in [0.29, 0.717) is 16.5 Å². The molecular weight excluding hydrogens is 307 g/mol. The molecule has 0 bridgehead atoms. The van der Waals surface area contributed by atoms with Crippen molar-refractivity contribution in [1.29, 1.82) is 0 Å². The summed E-state index contributed by atoms with van der Waals surface area (Å²) in [6, 6.07) is 3.15. The van der Waals surface area contributed by atoms with Crippen LogP contribution in [-0.4, -0.2) is 0 Å². The zero-order valence-corrected chi connectivity index (χ0v) is 11.4. The summed E-state index contributed by atoms with van der Waals surface area (Å²) in [5.41, 5.74) is 5.74. The van der Waals surface area contributed by atoms with Crippen LogP contribution in [0, 0.1) is 0 Å². The minimum atomic E-state index is -4.34. The monoisotopic (exact) mass is 321 g/mol. The van der Waals surface area contributed by atoms with Crippen LogP contribution in [-0.2, 0) is 6.18 Å². The zero-order valence-electron chi connectivity index (χ0n) is 9.80. The highest BCUT2D eigenvalue weighted by molar-refractivity contribution is 9.10. The highest BCUT2D eigenvalue weighted by atomic mass is 79.9. The molecule has 0 aliphatic rings. The largest absolute Gasteiger partial charge is 0.416 e. The van der Waals surface area contributed by atoms with Gasteiger partial charge in [0.25, 0.3) is 0 Å². The first-order valence-electron chi connectivity index (χ1n) is 5.59. The van der Waals surface area contributed by atoms with E-state index in [9.17, 15) is 13.2 Å². The Labute approximate surface area is 113 Å².